The summed E-state index contributed by atoms with van der Waals surface area (Å²) >= 11 is 0. The summed E-state index contributed by atoms with van der Waals surface area (Å²) in [5, 5.41) is 11.9. The quantitative estimate of drug-likeness (QED) is 0.833. The number of hydrogen-bond donors (Lipinski definition) is 2. The van der Waals surface area contributed by atoms with E-state index in [1.54, 1.807) is 6.92 Å². The smallest absolute Gasteiger partial charge is 0.128 e. The summed E-state index contributed by atoms with van der Waals surface area (Å²) in [4.78, 5) is 0. The molecule has 0 bridgehead atoms. The van der Waals surface area contributed by atoms with Crippen LogP contribution in [0.1, 0.15) is 31.0 Å². The zero-order valence-electron chi connectivity index (χ0n) is 10.4. The Morgan fingerprint density at radius 1 is 1.24 bits per heavy atom. The Balaban J connectivity index is 2.75. The lowest BCUT2D eigenvalue weighted by molar-refractivity contribution is 0.230. The molecule has 2 nitrogen and oxygen atoms in total. The monoisotopic (exact) mass is 243 g/mol. The van der Waals surface area contributed by atoms with E-state index in [0.717, 1.165) is 0 Å². The number of hydrogen-bond acceptors (Lipinski definition) is 2. The molecular formula is C13H19F2NO. The van der Waals surface area contributed by atoms with Gasteiger partial charge in [-0.2, -0.15) is 0 Å². The molecule has 0 aliphatic heterocycles. The second-order valence-corrected chi connectivity index (χ2v) is 4.54. The Morgan fingerprint density at radius 2 is 1.88 bits per heavy atom. The number of aliphatic hydroxyl groups excluding tert-OH is 1. The normalized spacial score (nSPS) is 14.7. The minimum absolute atomic E-state index is 0.0739. The van der Waals surface area contributed by atoms with Gasteiger partial charge in [0.15, 0.2) is 0 Å². The number of benzene rings is 1. The van der Waals surface area contributed by atoms with Gasteiger partial charge in [-0.3, -0.25) is 0 Å². The summed E-state index contributed by atoms with van der Waals surface area (Å²) in [6.07, 6.45) is 0. The first-order valence-corrected chi connectivity index (χ1v) is 5.75. The van der Waals surface area contributed by atoms with Crippen LogP contribution in [0, 0.1) is 24.5 Å². The Kier molecular flexibility index (Phi) is 5.02. The van der Waals surface area contributed by atoms with Crippen molar-refractivity contribution in [1.29, 1.82) is 0 Å². The number of halogens is 2. The maximum absolute atomic E-state index is 13.6. The van der Waals surface area contributed by atoms with E-state index in [9.17, 15) is 8.78 Å². The van der Waals surface area contributed by atoms with Gasteiger partial charge in [-0.1, -0.05) is 6.92 Å². The molecule has 0 radical (unpaired) electrons. The maximum atomic E-state index is 13.6. The van der Waals surface area contributed by atoms with Crippen molar-refractivity contribution in [2.75, 3.05) is 13.2 Å². The fourth-order valence-electron chi connectivity index (χ4n) is 1.55. The zero-order chi connectivity index (χ0) is 13.0. The number of aryl methyl sites for hydroxylation is 1. The predicted molar refractivity (Wildman–Crippen MR) is 63.8 cm³/mol. The molecule has 2 N–H and O–H groups in total. The lowest BCUT2D eigenvalue weighted by atomic mass is 10.0. The third kappa shape index (κ3) is 3.75. The Bertz CT molecular complexity index is 382. The van der Waals surface area contributed by atoms with Crippen molar-refractivity contribution in [3.63, 3.8) is 0 Å². The molecule has 0 heterocycles. The number of aliphatic hydroxyl groups is 1. The maximum Gasteiger partial charge on any atom is 0.128 e. The van der Waals surface area contributed by atoms with Crippen LogP contribution >= 0.6 is 0 Å². The van der Waals surface area contributed by atoms with Gasteiger partial charge in [0.2, 0.25) is 0 Å². The van der Waals surface area contributed by atoms with E-state index in [-0.39, 0.29) is 18.6 Å². The van der Waals surface area contributed by atoms with E-state index >= 15 is 0 Å². The van der Waals surface area contributed by atoms with E-state index < -0.39 is 11.6 Å². The Hall–Kier alpha value is -1.00. The average Bonchev–Trinajstić information content (AvgIpc) is 2.30. The van der Waals surface area contributed by atoms with Crippen LogP contribution < -0.4 is 5.32 Å². The molecule has 1 rings (SSSR count). The molecule has 0 saturated heterocycles. The van der Waals surface area contributed by atoms with Gasteiger partial charge in [-0.25, -0.2) is 8.78 Å². The second kappa shape index (κ2) is 6.07. The highest BCUT2D eigenvalue weighted by atomic mass is 19.1. The van der Waals surface area contributed by atoms with Crippen LogP contribution in [0.5, 0.6) is 0 Å². The molecule has 0 saturated carbocycles. The van der Waals surface area contributed by atoms with E-state index in [1.165, 1.54) is 19.1 Å². The summed E-state index contributed by atoms with van der Waals surface area (Å²) in [5.74, 6) is -0.707. The molecule has 2 unspecified atom stereocenters. The van der Waals surface area contributed by atoms with E-state index in [4.69, 9.17) is 5.11 Å². The minimum atomic E-state index is -0.402. The summed E-state index contributed by atoms with van der Waals surface area (Å²) in [6, 6.07) is 2.16. The van der Waals surface area contributed by atoms with Crippen molar-refractivity contribution in [3.05, 3.63) is 34.9 Å². The van der Waals surface area contributed by atoms with Crippen LogP contribution in [0.4, 0.5) is 8.78 Å². The molecule has 0 spiro atoms. The largest absolute Gasteiger partial charge is 0.396 e. The molecule has 17 heavy (non-hydrogen) atoms. The first-order valence-electron chi connectivity index (χ1n) is 5.75. The van der Waals surface area contributed by atoms with Crippen molar-refractivity contribution in [1.82, 2.24) is 5.32 Å². The average molecular weight is 243 g/mol. The van der Waals surface area contributed by atoms with Gasteiger partial charge in [0.1, 0.15) is 11.6 Å². The molecule has 0 amide bonds. The van der Waals surface area contributed by atoms with Crippen LogP contribution in [-0.2, 0) is 0 Å². The van der Waals surface area contributed by atoms with Crippen LogP contribution in [0.3, 0.4) is 0 Å². The molecule has 0 aliphatic carbocycles. The van der Waals surface area contributed by atoms with Crippen molar-refractivity contribution in [3.8, 4) is 0 Å². The van der Waals surface area contributed by atoms with Crippen molar-refractivity contribution < 1.29 is 13.9 Å². The predicted octanol–water partition coefficient (Wildman–Crippen LogP) is 2.55. The van der Waals surface area contributed by atoms with E-state index in [0.29, 0.717) is 17.7 Å². The van der Waals surface area contributed by atoms with E-state index in [2.05, 4.69) is 5.32 Å². The fraction of sp³-hybridized carbons (Fsp3) is 0.538. The molecule has 0 aromatic heterocycles. The molecule has 4 heteroatoms. The first kappa shape index (κ1) is 14.1. The van der Waals surface area contributed by atoms with E-state index in [1.807, 2.05) is 6.92 Å². The Morgan fingerprint density at radius 3 is 2.47 bits per heavy atom. The topological polar surface area (TPSA) is 32.3 Å². The standard InChI is InChI=1S/C13H19F2NO/c1-8(7-17)6-16-10(3)11-5-12(14)9(2)4-13(11)15/h4-5,8,10,16-17H,6-7H2,1-3H3. The summed E-state index contributed by atoms with van der Waals surface area (Å²) in [7, 11) is 0. The minimum Gasteiger partial charge on any atom is -0.396 e. The molecule has 1 aromatic rings. The number of rotatable bonds is 5. The summed E-state index contributed by atoms with van der Waals surface area (Å²) < 4.78 is 27.0. The van der Waals surface area contributed by atoms with Crippen molar-refractivity contribution in [2.45, 2.75) is 26.8 Å². The molecular weight excluding hydrogens is 224 g/mol. The third-order valence-corrected chi connectivity index (χ3v) is 2.83. The highest BCUT2D eigenvalue weighted by molar-refractivity contribution is 5.27. The fourth-order valence-corrected chi connectivity index (χ4v) is 1.55. The van der Waals surface area contributed by atoms with Gasteiger partial charge >= 0.3 is 0 Å². The van der Waals surface area contributed by atoms with Gasteiger partial charge in [-0.15, -0.1) is 0 Å². The third-order valence-electron chi connectivity index (χ3n) is 2.83. The van der Waals surface area contributed by atoms with Crippen molar-refractivity contribution in [2.24, 2.45) is 5.92 Å². The van der Waals surface area contributed by atoms with Crippen LogP contribution in [-0.4, -0.2) is 18.3 Å². The molecule has 2 atom stereocenters. The van der Waals surface area contributed by atoms with Crippen LogP contribution in [0.2, 0.25) is 0 Å². The Labute approximate surface area is 101 Å². The van der Waals surface area contributed by atoms with Crippen molar-refractivity contribution >= 4 is 0 Å². The first-order chi connectivity index (χ1) is 7.95. The second-order valence-electron chi connectivity index (χ2n) is 4.54. The highest BCUT2D eigenvalue weighted by Crippen LogP contribution is 2.20. The van der Waals surface area contributed by atoms with Crippen LogP contribution in [0.25, 0.3) is 0 Å². The molecule has 0 fully saturated rings. The van der Waals surface area contributed by atoms with Crippen LogP contribution in [0.15, 0.2) is 12.1 Å². The van der Waals surface area contributed by atoms with Gasteiger partial charge in [0.05, 0.1) is 0 Å². The van der Waals surface area contributed by atoms with Gasteiger partial charge < -0.3 is 10.4 Å². The van der Waals surface area contributed by atoms with Gasteiger partial charge in [0.25, 0.3) is 0 Å². The van der Waals surface area contributed by atoms with Gasteiger partial charge in [0, 0.05) is 24.8 Å². The molecule has 0 aliphatic rings. The summed E-state index contributed by atoms with van der Waals surface area (Å²) in [5.41, 5.74) is 0.625. The summed E-state index contributed by atoms with van der Waals surface area (Å²) in [6.45, 7) is 5.83. The molecule has 96 valence electrons. The highest BCUT2D eigenvalue weighted by Gasteiger charge is 2.14. The number of nitrogens with one attached hydrogen (secondary N) is 1. The zero-order valence-corrected chi connectivity index (χ0v) is 10.4. The lowest BCUT2D eigenvalue weighted by Gasteiger charge is -2.18. The van der Waals surface area contributed by atoms with Gasteiger partial charge in [-0.05, 0) is 37.5 Å². The SMILES string of the molecule is Cc1cc(F)c(C(C)NCC(C)CO)cc1F. The molecule has 1 aromatic carbocycles. The lowest BCUT2D eigenvalue weighted by Crippen LogP contribution is -2.26.